The van der Waals surface area contributed by atoms with Crippen LogP contribution in [0.2, 0.25) is 10.0 Å². The van der Waals surface area contributed by atoms with Crippen molar-refractivity contribution in [1.82, 2.24) is 9.97 Å². The molecule has 0 aliphatic heterocycles. The number of nitrogens with one attached hydrogen (secondary N) is 1. The summed E-state index contributed by atoms with van der Waals surface area (Å²) in [6.45, 7) is 2.74. The molecule has 86 valence electrons. The lowest BCUT2D eigenvalue weighted by molar-refractivity contribution is 0.578. The maximum absolute atomic E-state index is 5.93. The molecule has 0 radical (unpaired) electrons. The van der Waals surface area contributed by atoms with Gasteiger partial charge in [-0.15, -0.1) is 0 Å². The number of H-pyrrole nitrogens is 1. The average molecular weight is 258 g/mol. The summed E-state index contributed by atoms with van der Waals surface area (Å²) in [7, 11) is 0. The van der Waals surface area contributed by atoms with Crippen LogP contribution < -0.4 is 5.73 Å². The van der Waals surface area contributed by atoms with Gasteiger partial charge in [-0.25, -0.2) is 4.98 Å². The largest absolute Gasteiger partial charge is 0.342 e. The van der Waals surface area contributed by atoms with Gasteiger partial charge < -0.3 is 10.7 Å². The zero-order valence-electron chi connectivity index (χ0n) is 8.93. The van der Waals surface area contributed by atoms with E-state index in [4.69, 9.17) is 28.9 Å². The second kappa shape index (κ2) is 4.62. The molecule has 0 fully saturated rings. The maximum atomic E-state index is 5.93. The number of nitrogens with two attached hydrogens (primary N) is 1. The fraction of sp³-hybridized carbons (Fsp3) is 0.364. The third-order valence-corrected chi connectivity index (χ3v) is 3.24. The molecular weight excluding hydrogens is 245 g/mol. The van der Waals surface area contributed by atoms with Crippen LogP contribution in [0.1, 0.15) is 12.7 Å². The molecule has 1 aromatic carbocycles. The molecular formula is C11H13Cl2N3. The van der Waals surface area contributed by atoms with Crippen molar-refractivity contribution in [3.05, 3.63) is 28.0 Å². The second-order valence-electron chi connectivity index (χ2n) is 4.01. The normalized spacial score (nSPS) is 13.2. The van der Waals surface area contributed by atoms with E-state index in [9.17, 15) is 0 Å². The van der Waals surface area contributed by atoms with Crippen LogP contribution in [0, 0.1) is 5.92 Å². The number of hydrogen-bond acceptors (Lipinski definition) is 2. The van der Waals surface area contributed by atoms with Gasteiger partial charge in [0.25, 0.3) is 0 Å². The van der Waals surface area contributed by atoms with Crippen LogP contribution in [-0.4, -0.2) is 16.5 Å². The van der Waals surface area contributed by atoms with E-state index in [1.165, 1.54) is 0 Å². The van der Waals surface area contributed by atoms with E-state index in [0.29, 0.717) is 22.5 Å². The van der Waals surface area contributed by atoms with E-state index >= 15 is 0 Å². The van der Waals surface area contributed by atoms with Crippen LogP contribution in [-0.2, 0) is 6.42 Å². The highest BCUT2D eigenvalue weighted by molar-refractivity contribution is 6.42. The van der Waals surface area contributed by atoms with Crippen LogP contribution >= 0.6 is 23.2 Å². The Morgan fingerprint density at radius 3 is 2.75 bits per heavy atom. The number of rotatable bonds is 3. The van der Waals surface area contributed by atoms with Gasteiger partial charge in [0.1, 0.15) is 5.82 Å². The molecule has 2 rings (SSSR count). The zero-order valence-corrected chi connectivity index (χ0v) is 10.4. The van der Waals surface area contributed by atoms with Crippen molar-refractivity contribution in [3.63, 3.8) is 0 Å². The fourth-order valence-corrected chi connectivity index (χ4v) is 1.89. The predicted molar refractivity (Wildman–Crippen MR) is 68.0 cm³/mol. The molecule has 0 aliphatic carbocycles. The third-order valence-electron chi connectivity index (χ3n) is 2.52. The summed E-state index contributed by atoms with van der Waals surface area (Å²) in [5.74, 6) is 1.33. The summed E-state index contributed by atoms with van der Waals surface area (Å²) >= 11 is 11.9. The molecule has 2 aromatic rings. The van der Waals surface area contributed by atoms with Crippen molar-refractivity contribution in [2.45, 2.75) is 13.3 Å². The van der Waals surface area contributed by atoms with Gasteiger partial charge in [0.15, 0.2) is 0 Å². The Hall–Kier alpha value is -0.770. The molecule has 0 saturated heterocycles. The van der Waals surface area contributed by atoms with E-state index in [0.717, 1.165) is 23.3 Å². The minimum absolute atomic E-state index is 0.409. The average Bonchev–Trinajstić information content (AvgIpc) is 2.60. The Bertz CT molecular complexity index is 468. The summed E-state index contributed by atoms with van der Waals surface area (Å²) in [5.41, 5.74) is 7.33. The highest BCUT2D eigenvalue weighted by Crippen LogP contribution is 2.26. The summed E-state index contributed by atoms with van der Waals surface area (Å²) in [6, 6.07) is 3.56. The Morgan fingerprint density at radius 2 is 2.06 bits per heavy atom. The molecule has 1 unspecified atom stereocenters. The first-order chi connectivity index (χ1) is 7.60. The minimum atomic E-state index is 0.409. The number of nitrogens with zero attached hydrogens (tertiary/aromatic N) is 1. The molecule has 3 nitrogen and oxygen atoms in total. The quantitative estimate of drug-likeness (QED) is 0.889. The zero-order chi connectivity index (χ0) is 11.7. The monoisotopic (exact) mass is 257 g/mol. The van der Waals surface area contributed by atoms with E-state index in [-0.39, 0.29) is 0 Å². The lowest BCUT2D eigenvalue weighted by Gasteiger charge is -2.03. The van der Waals surface area contributed by atoms with Crippen molar-refractivity contribution in [2.24, 2.45) is 11.7 Å². The predicted octanol–water partition coefficient (Wildman–Crippen LogP) is 3.01. The molecule has 1 aromatic heterocycles. The summed E-state index contributed by atoms with van der Waals surface area (Å²) in [5, 5.41) is 1.07. The first-order valence-corrected chi connectivity index (χ1v) is 5.89. The van der Waals surface area contributed by atoms with E-state index in [1.54, 1.807) is 12.1 Å². The molecule has 5 heteroatoms. The van der Waals surface area contributed by atoms with E-state index in [1.807, 2.05) is 0 Å². The molecule has 0 saturated carbocycles. The van der Waals surface area contributed by atoms with Gasteiger partial charge in [0, 0.05) is 6.42 Å². The maximum Gasteiger partial charge on any atom is 0.107 e. The number of imidazole rings is 1. The number of aromatic amines is 1. The van der Waals surface area contributed by atoms with Crippen molar-refractivity contribution < 1.29 is 0 Å². The van der Waals surface area contributed by atoms with Crippen LogP contribution in [0.15, 0.2) is 12.1 Å². The third kappa shape index (κ3) is 2.32. The van der Waals surface area contributed by atoms with Crippen molar-refractivity contribution >= 4 is 34.2 Å². The SMILES string of the molecule is CC(CN)Cc1nc2cc(Cl)c(Cl)cc2[nH]1. The number of fused-ring (bicyclic) bond motifs is 1. The van der Waals surface area contributed by atoms with Crippen LogP contribution in [0.25, 0.3) is 11.0 Å². The number of aromatic nitrogens is 2. The van der Waals surface area contributed by atoms with Gasteiger partial charge in [-0.1, -0.05) is 30.1 Å². The minimum Gasteiger partial charge on any atom is -0.342 e. The van der Waals surface area contributed by atoms with Gasteiger partial charge in [-0.3, -0.25) is 0 Å². The molecule has 0 aliphatic rings. The first-order valence-electron chi connectivity index (χ1n) is 5.14. The number of halogens is 2. The van der Waals surface area contributed by atoms with Crippen molar-refractivity contribution in [3.8, 4) is 0 Å². The molecule has 1 atom stereocenters. The van der Waals surface area contributed by atoms with Gasteiger partial charge in [-0.05, 0) is 24.6 Å². The standard InChI is InChI=1S/C11H13Cl2N3/c1-6(5-14)2-11-15-9-3-7(12)8(13)4-10(9)16-11/h3-4,6H,2,5,14H2,1H3,(H,15,16). The molecule has 0 amide bonds. The molecule has 1 heterocycles. The highest BCUT2D eigenvalue weighted by Gasteiger charge is 2.08. The Labute approximate surface area is 104 Å². The van der Waals surface area contributed by atoms with E-state index in [2.05, 4.69) is 16.9 Å². The Morgan fingerprint density at radius 1 is 1.38 bits per heavy atom. The molecule has 16 heavy (non-hydrogen) atoms. The van der Waals surface area contributed by atoms with E-state index < -0.39 is 0 Å². The van der Waals surface area contributed by atoms with Gasteiger partial charge in [0.05, 0.1) is 21.1 Å². The van der Waals surface area contributed by atoms with Crippen molar-refractivity contribution in [2.75, 3.05) is 6.54 Å². The lowest BCUT2D eigenvalue weighted by atomic mass is 10.1. The Balaban J connectivity index is 2.36. The molecule has 3 N–H and O–H groups in total. The van der Waals surface area contributed by atoms with Gasteiger partial charge >= 0.3 is 0 Å². The number of benzene rings is 1. The van der Waals surface area contributed by atoms with Crippen LogP contribution in [0.3, 0.4) is 0 Å². The first kappa shape index (κ1) is 11.7. The second-order valence-corrected chi connectivity index (χ2v) is 4.83. The lowest BCUT2D eigenvalue weighted by Crippen LogP contribution is -2.13. The summed E-state index contributed by atoms with van der Waals surface area (Å²) < 4.78 is 0. The molecule has 0 bridgehead atoms. The van der Waals surface area contributed by atoms with Gasteiger partial charge in [0.2, 0.25) is 0 Å². The summed E-state index contributed by atoms with van der Waals surface area (Å²) in [4.78, 5) is 7.67. The topological polar surface area (TPSA) is 54.7 Å². The molecule has 0 spiro atoms. The Kier molecular flexibility index (Phi) is 3.38. The summed E-state index contributed by atoms with van der Waals surface area (Å²) in [6.07, 6.45) is 0.834. The van der Waals surface area contributed by atoms with Crippen LogP contribution in [0.5, 0.6) is 0 Å². The van der Waals surface area contributed by atoms with Crippen LogP contribution in [0.4, 0.5) is 0 Å². The highest BCUT2D eigenvalue weighted by atomic mass is 35.5. The fourth-order valence-electron chi connectivity index (χ4n) is 1.57. The number of hydrogen-bond donors (Lipinski definition) is 2. The van der Waals surface area contributed by atoms with Gasteiger partial charge in [-0.2, -0.15) is 0 Å². The smallest absolute Gasteiger partial charge is 0.107 e. The van der Waals surface area contributed by atoms with Crippen molar-refractivity contribution in [1.29, 1.82) is 0 Å².